The minimum Gasteiger partial charge on any atom is -0.490 e. The van der Waals surface area contributed by atoms with E-state index in [2.05, 4.69) is 38.0 Å². The number of nitrogens with zero attached hydrogens (tertiary/aromatic N) is 3. The van der Waals surface area contributed by atoms with Crippen molar-refractivity contribution in [3.05, 3.63) is 98.7 Å². The normalized spacial score (nSPS) is 10.7. The van der Waals surface area contributed by atoms with Crippen LogP contribution in [0, 0.1) is 10.1 Å². The lowest BCUT2D eigenvalue weighted by Gasteiger charge is -2.17. The van der Waals surface area contributed by atoms with Gasteiger partial charge in [-0.2, -0.15) is 5.10 Å². The monoisotopic (exact) mass is 510 g/mol. The second-order valence-electron chi connectivity index (χ2n) is 6.85. The molecule has 0 amide bonds. The largest absolute Gasteiger partial charge is 0.490 e. The summed E-state index contributed by atoms with van der Waals surface area (Å²) >= 11 is 3.43. The van der Waals surface area contributed by atoms with Crippen molar-refractivity contribution in [1.82, 2.24) is 4.98 Å². The number of aromatic nitrogens is 1. The zero-order chi connectivity index (χ0) is 23.6. The second-order valence-corrected chi connectivity index (χ2v) is 7.76. The van der Waals surface area contributed by atoms with E-state index in [1.54, 1.807) is 12.3 Å². The number of nitrogens with one attached hydrogen (secondary N) is 1. The Kier molecular flexibility index (Phi) is 8.54. The first-order valence-electron chi connectivity index (χ1n) is 10.2. The fraction of sp³-hybridized carbons (Fsp3) is 0.167. The molecule has 0 fully saturated rings. The zero-order valence-corrected chi connectivity index (χ0v) is 19.6. The third kappa shape index (κ3) is 6.63. The highest BCUT2D eigenvalue weighted by atomic mass is 79.9. The molecule has 0 radical (unpaired) electrons. The Morgan fingerprint density at radius 2 is 2.03 bits per heavy atom. The number of anilines is 1. The van der Waals surface area contributed by atoms with Gasteiger partial charge in [0.05, 0.1) is 17.7 Å². The van der Waals surface area contributed by atoms with Crippen molar-refractivity contribution in [2.45, 2.75) is 20.0 Å². The molecule has 0 aliphatic carbocycles. The highest BCUT2D eigenvalue weighted by molar-refractivity contribution is 9.10. The van der Waals surface area contributed by atoms with Crippen LogP contribution in [-0.2, 0) is 13.0 Å². The number of pyridine rings is 1. The van der Waals surface area contributed by atoms with Crippen LogP contribution < -0.4 is 14.9 Å². The molecule has 0 saturated heterocycles. The van der Waals surface area contributed by atoms with Gasteiger partial charge in [-0.1, -0.05) is 34.1 Å². The van der Waals surface area contributed by atoms with E-state index in [0.717, 1.165) is 21.2 Å². The molecule has 0 aliphatic heterocycles. The average molecular weight is 511 g/mol. The maximum atomic E-state index is 11.1. The van der Waals surface area contributed by atoms with Gasteiger partial charge < -0.3 is 9.47 Å². The molecule has 0 atom stereocenters. The van der Waals surface area contributed by atoms with Crippen LogP contribution in [-0.4, -0.2) is 22.7 Å². The SMILES string of the molecule is C=CCc1cc(/C=N\Nc2ncccc2[N+](=O)[O-])cc(OCC)c1OCc1ccc(Br)cc1. The molecule has 0 spiro atoms. The smallest absolute Gasteiger partial charge is 0.313 e. The molecule has 0 aliphatic rings. The summed E-state index contributed by atoms with van der Waals surface area (Å²) in [7, 11) is 0. The molecule has 2 aromatic carbocycles. The van der Waals surface area contributed by atoms with Crippen molar-refractivity contribution in [3.63, 3.8) is 0 Å². The lowest BCUT2D eigenvalue weighted by molar-refractivity contribution is -0.384. The molecule has 0 unspecified atom stereocenters. The minimum atomic E-state index is -0.516. The van der Waals surface area contributed by atoms with Gasteiger partial charge in [0.15, 0.2) is 11.5 Å². The van der Waals surface area contributed by atoms with E-state index in [-0.39, 0.29) is 11.5 Å². The van der Waals surface area contributed by atoms with Crippen LogP contribution in [0.4, 0.5) is 11.5 Å². The van der Waals surface area contributed by atoms with Gasteiger partial charge in [-0.3, -0.25) is 15.5 Å². The molecule has 0 bridgehead atoms. The first-order chi connectivity index (χ1) is 16.0. The summed E-state index contributed by atoms with van der Waals surface area (Å²) in [5, 5.41) is 15.3. The van der Waals surface area contributed by atoms with E-state index in [4.69, 9.17) is 9.47 Å². The molecular formula is C24H23BrN4O4. The summed E-state index contributed by atoms with van der Waals surface area (Å²) in [6, 6.07) is 14.5. The third-order valence-electron chi connectivity index (χ3n) is 4.48. The van der Waals surface area contributed by atoms with Gasteiger partial charge >= 0.3 is 5.69 Å². The van der Waals surface area contributed by atoms with Crippen LogP contribution in [0.1, 0.15) is 23.6 Å². The molecule has 33 heavy (non-hydrogen) atoms. The van der Waals surface area contributed by atoms with E-state index in [9.17, 15) is 10.1 Å². The van der Waals surface area contributed by atoms with Crippen molar-refractivity contribution in [1.29, 1.82) is 0 Å². The Balaban J connectivity index is 1.85. The quantitative estimate of drug-likeness (QED) is 0.149. The summed E-state index contributed by atoms with van der Waals surface area (Å²) in [4.78, 5) is 14.6. The van der Waals surface area contributed by atoms with Crippen molar-refractivity contribution in [2.75, 3.05) is 12.0 Å². The Morgan fingerprint density at radius 1 is 1.24 bits per heavy atom. The van der Waals surface area contributed by atoms with Gasteiger partial charge in [-0.05, 0) is 54.8 Å². The summed E-state index contributed by atoms with van der Waals surface area (Å²) in [6.45, 7) is 6.58. The number of allylic oxidation sites excluding steroid dienone is 1. The Bertz CT molecular complexity index is 1150. The topological polar surface area (TPSA) is 98.9 Å². The van der Waals surface area contributed by atoms with Crippen molar-refractivity contribution in [3.8, 4) is 11.5 Å². The molecule has 170 valence electrons. The lowest BCUT2D eigenvalue weighted by Crippen LogP contribution is -2.04. The third-order valence-corrected chi connectivity index (χ3v) is 5.01. The van der Waals surface area contributed by atoms with Crippen LogP contribution >= 0.6 is 15.9 Å². The summed E-state index contributed by atoms with van der Waals surface area (Å²) < 4.78 is 13.0. The van der Waals surface area contributed by atoms with E-state index in [1.165, 1.54) is 18.3 Å². The number of ether oxygens (including phenoxy) is 2. The fourth-order valence-corrected chi connectivity index (χ4v) is 3.29. The van der Waals surface area contributed by atoms with Crippen LogP contribution in [0.5, 0.6) is 11.5 Å². The Hall–Kier alpha value is -3.72. The minimum absolute atomic E-state index is 0.0598. The Morgan fingerprint density at radius 3 is 2.73 bits per heavy atom. The van der Waals surface area contributed by atoms with Gasteiger partial charge in [-0.15, -0.1) is 6.58 Å². The maximum absolute atomic E-state index is 11.1. The van der Waals surface area contributed by atoms with Crippen LogP contribution in [0.25, 0.3) is 0 Å². The number of nitro groups is 1. The van der Waals surface area contributed by atoms with Gasteiger partial charge in [0.25, 0.3) is 0 Å². The summed E-state index contributed by atoms with van der Waals surface area (Å²) in [6.07, 6.45) is 5.36. The molecule has 1 aromatic heterocycles. The lowest BCUT2D eigenvalue weighted by atomic mass is 10.1. The van der Waals surface area contributed by atoms with E-state index in [0.29, 0.717) is 31.1 Å². The molecule has 1 N–H and O–H groups in total. The maximum Gasteiger partial charge on any atom is 0.313 e. The van der Waals surface area contributed by atoms with E-state index < -0.39 is 4.92 Å². The number of hydrogen-bond acceptors (Lipinski definition) is 7. The first kappa shape index (κ1) is 23.9. The van der Waals surface area contributed by atoms with Gasteiger partial charge in [0.1, 0.15) is 6.61 Å². The van der Waals surface area contributed by atoms with Crippen molar-refractivity contribution >= 4 is 33.6 Å². The molecule has 1 heterocycles. The van der Waals surface area contributed by atoms with Crippen molar-refractivity contribution < 1.29 is 14.4 Å². The highest BCUT2D eigenvalue weighted by Crippen LogP contribution is 2.34. The first-order valence-corrected chi connectivity index (χ1v) is 11.0. The number of hydrazone groups is 1. The molecule has 3 aromatic rings. The van der Waals surface area contributed by atoms with Gasteiger partial charge in [0.2, 0.25) is 5.82 Å². The summed E-state index contributed by atoms with van der Waals surface area (Å²) in [5.41, 5.74) is 5.12. The number of benzene rings is 2. The van der Waals surface area contributed by atoms with E-state index in [1.807, 2.05) is 43.3 Å². The fourth-order valence-electron chi connectivity index (χ4n) is 3.03. The number of halogens is 1. The molecule has 9 heteroatoms. The molecule has 0 saturated carbocycles. The van der Waals surface area contributed by atoms with Crippen molar-refractivity contribution in [2.24, 2.45) is 5.10 Å². The summed E-state index contributed by atoms with van der Waals surface area (Å²) in [5.74, 6) is 1.29. The second kappa shape index (κ2) is 11.8. The van der Waals surface area contributed by atoms with Gasteiger partial charge in [0, 0.05) is 22.3 Å². The predicted molar refractivity (Wildman–Crippen MR) is 132 cm³/mol. The van der Waals surface area contributed by atoms with Crippen LogP contribution in [0.2, 0.25) is 0 Å². The average Bonchev–Trinajstić information content (AvgIpc) is 2.80. The van der Waals surface area contributed by atoms with Crippen LogP contribution in [0.3, 0.4) is 0 Å². The highest BCUT2D eigenvalue weighted by Gasteiger charge is 2.15. The zero-order valence-electron chi connectivity index (χ0n) is 18.0. The van der Waals surface area contributed by atoms with Gasteiger partial charge in [-0.25, -0.2) is 4.98 Å². The molecular weight excluding hydrogens is 488 g/mol. The number of hydrogen-bond donors (Lipinski definition) is 1. The molecule has 3 rings (SSSR count). The standard InChI is InChI=1S/C24H23BrN4O4/c1-3-6-19-13-18(15-27-28-24-21(29(30)31)7-5-12-26-24)14-22(32-4-2)23(19)33-16-17-8-10-20(25)11-9-17/h3,5,7-15H,1,4,6,16H2,2H3,(H,26,28)/b27-15-. The Labute approximate surface area is 200 Å². The molecule has 8 nitrogen and oxygen atoms in total. The number of rotatable bonds is 11. The van der Waals surface area contributed by atoms with Crippen LogP contribution in [0.15, 0.2) is 77.0 Å². The van der Waals surface area contributed by atoms with E-state index >= 15 is 0 Å². The predicted octanol–water partition coefficient (Wildman–Crippen LogP) is 5.90.